The predicted molar refractivity (Wildman–Crippen MR) is 78.0 cm³/mol. The fourth-order valence-electron chi connectivity index (χ4n) is 1.98. The molecule has 0 amide bonds. The van der Waals surface area contributed by atoms with E-state index >= 15 is 0 Å². The van der Waals surface area contributed by atoms with Gasteiger partial charge in [0.05, 0.1) is 6.61 Å². The van der Waals surface area contributed by atoms with Crippen molar-refractivity contribution in [3.63, 3.8) is 0 Å². The Morgan fingerprint density at radius 1 is 1.32 bits per heavy atom. The van der Waals surface area contributed by atoms with Crippen LogP contribution in [0.3, 0.4) is 0 Å². The standard InChI is InChI=1S/C13H22O2.C2H3ClO/c1-11(9-10-15-12(2)14)7-8-13-5-3-4-6-13;1-2(3)4/h7-8,11,13H,3-6,9-10H2,1-2H3;1H3. The van der Waals surface area contributed by atoms with Crippen LogP contribution in [0, 0.1) is 11.8 Å². The second-order valence-electron chi connectivity index (χ2n) is 5.01. The first-order valence-electron chi connectivity index (χ1n) is 6.89. The second-order valence-corrected chi connectivity index (χ2v) is 5.54. The molecule has 1 aliphatic carbocycles. The summed E-state index contributed by atoms with van der Waals surface area (Å²) in [6.07, 6.45) is 11.0. The number of ether oxygens (including phenoxy) is 1. The van der Waals surface area contributed by atoms with Gasteiger partial charge in [-0.3, -0.25) is 9.59 Å². The van der Waals surface area contributed by atoms with Gasteiger partial charge in [0.1, 0.15) is 0 Å². The van der Waals surface area contributed by atoms with Gasteiger partial charge in [-0.25, -0.2) is 0 Å². The number of esters is 1. The minimum Gasteiger partial charge on any atom is -0.466 e. The minimum atomic E-state index is -0.361. The van der Waals surface area contributed by atoms with Crippen LogP contribution in [-0.2, 0) is 14.3 Å². The molecule has 1 fully saturated rings. The zero-order valence-electron chi connectivity index (χ0n) is 12.2. The Morgan fingerprint density at radius 2 is 1.84 bits per heavy atom. The van der Waals surface area contributed by atoms with E-state index in [2.05, 4.69) is 30.7 Å². The summed E-state index contributed by atoms with van der Waals surface area (Å²) >= 11 is 4.64. The highest BCUT2D eigenvalue weighted by Crippen LogP contribution is 2.26. The molecule has 1 aliphatic rings. The smallest absolute Gasteiger partial charge is 0.302 e. The fraction of sp³-hybridized carbons (Fsp3) is 0.733. The number of carbonyl (C=O) groups excluding carboxylic acids is 2. The number of hydrogen-bond donors (Lipinski definition) is 0. The van der Waals surface area contributed by atoms with Crippen LogP contribution in [0.15, 0.2) is 12.2 Å². The Balaban J connectivity index is 0.000000711. The molecule has 0 spiro atoms. The predicted octanol–water partition coefficient (Wildman–Crippen LogP) is 4.09. The molecule has 0 saturated heterocycles. The van der Waals surface area contributed by atoms with Gasteiger partial charge in [0.15, 0.2) is 0 Å². The van der Waals surface area contributed by atoms with Crippen LogP contribution in [0.25, 0.3) is 0 Å². The Morgan fingerprint density at radius 3 is 2.32 bits per heavy atom. The van der Waals surface area contributed by atoms with Crippen molar-refractivity contribution in [2.24, 2.45) is 11.8 Å². The monoisotopic (exact) mass is 288 g/mol. The molecule has 0 N–H and O–H groups in total. The van der Waals surface area contributed by atoms with Crippen molar-refractivity contribution in [3.05, 3.63) is 12.2 Å². The molecule has 1 saturated carbocycles. The van der Waals surface area contributed by atoms with Gasteiger partial charge in [0, 0.05) is 13.8 Å². The van der Waals surface area contributed by atoms with Gasteiger partial charge in [-0.2, -0.15) is 0 Å². The van der Waals surface area contributed by atoms with Gasteiger partial charge in [-0.15, -0.1) is 0 Å². The quantitative estimate of drug-likeness (QED) is 0.435. The van der Waals surface area contributed by atoms with Crippen molar-refractivity contribution in [3.8, 4) is 0 Å². The number of hydrogen-bond acceptors (Lipinski definition) is 3. The zero-order valence-corrected chi connectivity index (χ0v) is 12.9. The topological polar surface area (TPSA) is 43.4 Å². The highest BCUT2D eigenvalue weighted by atomic mass is 35.5. The van der Waals surface area contributed by atoms with Gasteiger partial charge < -0.3 is 4.74 Å². The van der Waals surface area contributed by atoms with Crippen LogP contribution in [-0.4, -0.2) is 17.8 Å². The summed E-state index contributed by atoms with van der Waals surface area (Å²) in [5, 5.41) is -0.361. The van der Waals surface area contributed by atoms with Crippen molar-refractivity contribution in [1.82, 2.24) is 0 Å². The summed E-state index contributed by atoms with van der Waals surface area (Å²) in [5.74, 6) is 1.15. The number of allylic oxidation sites excluding steroid dienone is 2. The highest BCUT2D eigenvalue weighted by molar-refractivity contribution is 6.62. The van der Waals surface area contributed by atoms with Crippen molar-refractivity contribution in [2.75, 3.05) is 6.61 Å². The molecule has 1 atom stereocenters. The molecule has 19 heavy (non-hydrogen) atoms. The van der Waals surface area contributed by atoms with Crippen molar-refractivity contribution in [1.29, 1.82) is 0 Å². The summed E-state index contributed by atoms with van der Waals surface area (Å²) in [6.45, 7) is 5.47. The minimum absolute atomic E-state index is 0.179. The molecule has 0 bridgehead atoms. The molecule has 0 heterocycles. The summed E-state index contributed by atoms with van der Waals surface area (Å²) < 4.78 is 4.91. The van der Waals surface area contributed by atoms with E-state index < -0.39 is 0 Å². The molecule has 0 aromatic rings. The fourth-order valence-corrected chi connectivity index (χ4v) is 1.98. The molecule has 110 valence electrons. The number of halogens is 1. The average Bonchev–Trinajstić information content (AvgIpc) is 2.77. The first-order valence-corrected chi connectivity index (χ1v) is 7.27. The van der Waals surface area contributed by atoms with E-state index in [4.69, 9.17) is 4.74 Å². The molecule has 0 aliphatic heterocycles. The van der Waals surface area contributed by atoms with E-state index in [0.29, 0.717) is 12.5 Å². The van der Waals surface area contributed by atoms with Gasteiger partial charge in [0.2, 0.25) is 5.24 Å². The van der Waals surface area contributed by atoms with E-state index in [1.54, 1.807) is 0 Å². The van der Waals surface area contributed by atoms with E-state index in [1.807, 2.05) is 0 Å². The number of carbonyl (C=O) groups is 2. The molecule has 0 aromatic heterocycles. The third-order valence-electron chi connectivity index (χ3n) is 2.99. The van der Waals surface area contributed by atoms with E-state index in [-0.39, 0.29) is 11.2 Å². The SMILES string of the molecule is CC(=O)Cl.CC(=O)OCCC(C)C=CC1CCCC1. The maximum atomic E-state index is 10.6. The molecule has 0 aromatic carbocycles. The van der Waals surface area contributed by atoms with Crippen LogP contribution >= 0.6 is 11.6 Å². The van der Waals surface area contributed by atoms with Gasteiger partial charge in [-0.1, -0.05) is 31.9 Å². The molecule has 0 radical (unpaired) electrons. The maximum absolute atomic E-state index is 10.6. The molecular weight excluding hydrogens is 264 g/mol. The first kappa shape index (κ1) is 18.2. The average molecular weight is 289 g/mol. The third-order valence-corrected chi connectivity index (χ3v) is 2.99. The van der Waals surface area contributed by atoms with Gasteiger partial charge >= 0.3 is 5.97 Å². The van der Waals surface area contributed by atoms with Crippen LogP contribution in [0.4, 0.5) is 0 Å². The van der Waals surface area contributed by atoms with Crippen molar-refractivity contribution in [2.45, 2.75) is 52.9 Å². The summed E-state index contributed by atoms with van der Waals surface area (Å²) in [6, 6.07) is 0. The Kier molecular flexibility index (Phi) is 10.6. The lowest BCUT2D eigenvalue weighted by atomic mass is 10.0. The van der Waals surface area contributed by atoms with Gasteiger partial charge in [-0.05, 0) is 42.7 Å². The third kappa shape index (κ3) is 13.4. The molecular formula is C15H25ClO3. The van der Waals surface area contributed by atoms with Crippen LogP contribution < -0.4 is 0 Å². The van der Waals surface area contributed by atoms with Crippen molar-refractivity contribution < 1.29 is 14.3 Å². The van der Waals surface area contributed by atoms with Crippen LogP contribution in [0.1, 0.15) is 52.9 Å². The summed E-state index contributed by atoms with van der Waals surface area (Å²) in [4.78, 5) is 19.8. The Labute approximate surface area is 121 Å². The first-order chi connectivity index (χ1) is 8.91. The van der Waals surface area contributed by atoms with E-state index in [0.717, 1.165) is 12.3 Å². The molecule has 1 unspecified atom stereocenters. The lowest BCUT2D eigenvalue weighted by molar-refractivity contribution is -0.141. The van der Waals surface area contributed by atoms with Gasteiger partial charge in [0.25, 0.3) is 0 Å². The normalized spacial score (nSPS) is 16.8. The van der Waals surface area contributed by atoms with Crippen molar-refractivity contribution >= 4 is 22.8 Å². The largest absolute Gasteiger partial charge is 0.466 e. The lowest BCUT2D eigenvalue weighted by Gasteiger charge is -2.07. The lowest BCUT2D eigenvalue weighted by Crippen LogP contribution is -2.04. The zero-order chi connectivity index (χ0) is 14.7. The maximum Gasteiger partial charge on any atom is 0.302 e. The Hall–Kier alpha value is -0.830. The summed E-state index contributed by atoms with van der Waals surface area (Å²) in [7, 11) is 0. The Bertz CT molecular complexity index is 290. The highest BCUT2D eigenvalue weighted by Gasteiger charge is 2.11. The summed E-state index contributed by atoms with van der Waals surface area (Å²) in [5.41, 5.74) is 0. The second kappa shape index (κ2) is 11.0. The van der Waals surface area contributed by atoms with E-state index in [9.17, 15) is 9.59 Å². The van der Waals surface area contributed by atoms with Crippen LogP contribution in [0.2, 0.25) is 0 Å². The van der Waals surface area contributed by atoms with Crippen LogP contribution in [0.5, 0.6) is 0 Å². The molecule has 4 heteroatoms. The number of rotatable bonds is 5. The molecule has 3 nitrogen and oxygen atoms in total. The molecule has 1 rings (SSSR count). The van der Waals surface area contributed by atoms with E-state index in [1.165, 1.54) is 39.5 Å².